The Kier molecular flexibility index (Phi) is 10.1. The Morgan fingerprint density at radius 3 is 2.22 bits per heavy atom. The van der Waals surface area contributed by atoms with Crippen LogP contribution in [-0.2, 0) is 20.6 Å². The second-order valence-corrected chi connectivity index (χ2v) is 16.8. The Balaban J connectivity index is 1.27. The third-order valence-electron chi connectivity index (χ3n) is 9.24. The number of likely N-dealkylation sites (tertiary alicyclic amines) is 1. The Bertz CT molecular complexity index is 1480. The largest absolute Gasteiger partial charge is 0.444 e. The van der Waals surface area contributed by atoms with Gasteiger partial charge in [-0.25, -0.2) is 24.2 Å². The number of guanidine groups is 1. The minimum atomic E-state index is -0.851. The molecular formula is C34H53N7O9. The Morgan fingerprint density at radius 2 is 1.64 bits per heavy atom. The number of nitrogens with zero attached hydrogens (tertiary/aromatic N) is 6. The van der Waals surface area contributed by atoms with E-state index in [1.54, 1.807) is 56.2 Å². The third-order valence-corrected chi connectivity index (χ3v) is 9.24. The number of ether oxygens (including phenoxy) is 3. The zero-order chi connectivity index (χ0) is 36.8. The Hall–Kier alpha value is -4.08. The molecule has 50 heavy (non-hydrogen) atoms. The molecule has 5 amide bonds. The fraction of sp³-hybridized carbons (Fsp3) is 0.765. The van der Waals surface area contributed by atoms with E-state index in [2.05, 4.69) is 15.5 Å². The first-order valence-corrected chi connectivity index (χ1v) is 17.4. The van der Waals surface area contributed by atoms with E-state index in [1.807, 2.05) is 26.8 Å². The molecule has 16 heteroatoms. The van der Waals surface area contributed by atoms with Gasteiger partial charge in [0.05, 0.1) is 12.1 Å². The first-order valence-electron chi connectivity index (χ1n) is 17.4. The van der Waals surface area contributed by atoms with Crippen molar-refractivity contribution in [3.63, 3.8) is 0 Å². The van der Waals surface area contributed by atoms with E-state index >= 15 is 0 Å². The smallest absolute Gasteiger partial charge is 0.437 e. The molecular weight excluding hydrogens is 650 g/mol. The van der Waals surface area contributed by atoms with Crippen LogP contribution >= 0.6 is 0 Å². The van der Waals surface area contributed by atoms with Gasteiger partial charge < -0.3 is 33.4 Å². The van der Waals surface area contributed by atoms with Gasteiger partial charge in [0.2, 0.25) is 5.96 Å². The lowest BCUT2D eigenvalue weighted by Gasteiger charge is -2.39. The molecule has 2 N–H and O–H groups in total. The molecule has 3 saturated heterocycles. The van der Waals surface area contributed by atoms with Crippen LogP contribution in [0, 0.1) is 5.41 Å². The first-order chi connectivity index (χ1) is 23.1. The summed E-state index contributed by atoms with van der Waals surface area (Å²) in [5.74, 6) is 0.576. The van der Waals surface area contributed by atoms with Gasteiger partial charge in [-0.1, -0.05) is 5.16 Å². The standard InChI is InChI=1S/C34H53N7O9/c1-31(2,3)47-27(42)35-26(36-28(43)48-32(4,5)6)38-15-10-21(11-16-38)39(30(45)49-33(7,8)9)17-12-22-18-23(37-50-22)24-19-34(13-14-34)25-20-40(24)29(44)41(25)46/h18,21,24-25,46H,10-17,19-20H2,1-9H3,(H,35,36,42,43)/t24-,25-/m0/s1. The van der Waals surface area contributed by atoms with Crippen molar-refractivity contribution >= 4 is 30.3 Å². The van der Waals surface area contributed by atoms with Crippen LogP contribution in [0.3, 0.4) is 0 Å². The highest BCUT2D eigenvalue weighted by Crippen LogP contribution is 2.61. The van der Waals surface area contributed by atoms with E-state index in [0.717, 1.165) is 24.3 Å². The van der Waals surface area contributed by atoms with Crippen LogP contribution in [0.2, 0.25) is 0 Å². The van der Waals surface area contributed by atoms with Crippen molar-refractivity contribution in [1.82, 2.24) is 30.2 Å². The van der Waals surface area contributed by atoms with E-state index in [-0.39, 0.29) is 36.0 Å². The molecule has 4 fully saturated rings. The number of aliphatic imine (C=N–C) groups is 1. The summed E-state index contributed by atoms with van der Waals surface area (Å²) >= 11 is 0. The predicted molar refractivity (Wildman–Crippen MR) is 179 cm³/mol. The molecule has 0 unspecified atom stereocenters. The van der Waals surface area contributed by atoms with E-state index in [4.69, 9.17) is 18.7 Å². The molecule has 2 bridgehead atoms. The fourth-order valence-corrected chi connectivity index (χ4v) is 6.82. The SMILES string of the molecule is CC(C)(C)OC(=O)/N=C(\NC(=O)OC(C)(C)C)N1CCC(N(CCc2cc([C@@H]3CC4(CC4)[C@@H]4CN3C(=O)N4O)no2)C(=O)OC(C)(C)C)CC1. The zero-order valence-electron chi connectivity index (χ0n) is 30.8. The highest BCUT2D eigenvalue weighted by molar-refractivity contribution is 5.99. The number of nitrogens with one attached hydrogen (secondary N) is 1. The second-order valence-electron chi connectivity index (χ2n) is 16.8. The monoisotopic (exact) mass is 703 g/mol. The van der Waals surface area contributed by atoms with Gasteiger partial charge in [0.25, 0.3) is 0 Å². The first kappa shape index (κ1) is 37.2. The van der Waals surface area contributed by atoms with Crippen LogP contribution < -0.4 is 5.32 Å². The second kappa shape index (κ2) is 13.6. The van der Waals surface area contributed by atoms with Crippen LogP contribution in [0.25, 0.3) is 0 Å². The summed E-state index contributed by atoms with van der Waals surface area (Å²) in [4.78, 5) is 60.8. The van der Waals surface area contributed by atoms with E-state index < -0.39 is 41.1 Å². The fourth-order valence-electron chi connectivity index (χ4n) is 6.82. The molecule has 1 aromatic heterocycles. The molecule has 3 aliphatic heterocycles. The van der Waals surface area contributed by atoms with Crippen LogP contribution in [0.15, 0.2) is 15.6 Å². The number of alkyl carbamates (subject to hydrolysis) is 1. The number of hydrogen-bond donors (Lipinski definition) is 2. The van der Waals surface area contributed by atoms with Gasteiger partial charge in [-0.2, -0.15) is 0 Å². The number of carbonyl (C=O) groups is 4. The third kappa shape index (κ3) is 8.98. The highest BCUT2D eigenvalue weighted by atomic mass is 16.6. The number of amides is 5. The molecule has 0 aromatic carbocycles. The molecule has 1 aliphatic carbocycles. The molecule has 4 aliphatic rings. The van der Waals surface area contributed by atoms with Crippen molar-refractivity contribution in [2.24, 2.45) is 10.4 Å². The summed E-state index contributed by atoms with van der Waals surface area (Å²) in [6.45, 7) is 17.3. The number of hydroxylamine groups is 2. The number of fused-ring (bicyclic) bond motifs is 3. The summed E-state index contributed by atoms with van der Waals surface area (Å²) in [5.41, 5.74) is -1.71. The van der Waals surface area contributed by atoms with Crippen molar-refractivity contribution in [3.8, 4) is 0 Å². The van der Waals surface area contributed by atoms with Gasteiger partial charge >= 0.3 is 24.3 Å². The van der Waals surface area contributed by atoms with Crippen LogP contribution in [-0.4, -0.2) is 115 Å². The van der Waals surface area contributed by atoms with Gasteiger partial charge in [0, 0.05) is 44.7 Å². The average Bonchev–Trinajstić information content (AvgIpc) is 3.47. The van der Waals surface area contributed by atoms with Gasteiger partial charge in [-0.15, -0.1) is 4.99 Å². The van der Waals surface area contributed by atoms with Crippen LogP contribution in [0.1, 0.15) is 112 Å². The van der Waals surface area contributed by atoms with E-state index in [0.29, 0.717) is 50.4 Å². The molecule has 2 atom stereocenters. The normalized spacial score (nSPS) is 22.5. The van der Waals surface area contributed by atoms with Crippen molar-refractivity contribution in [2.75, 3.05) is 26.2 Å². The maximum absolute atomic E-state index is 13.5. The summed E-state index contributed by atoms with van der Waals surface area (Å²) < 4.78 is 22.3. The summed E-state index contributed by atoms with van der Waals surface area (Å²) in [6.07, 6.45) is 1.91. The molecule has 0 radical (unpaired) electrons. The lowest BCUT2D eigenvalue weighted by Crippen LogP contribution is -2.54. The van der Waals surface area contributed by atoms with Crippen molar-refractivity contribution < 1.29 is 43.1 Å². The van der Waals surface area contributed by atoms with Gasteiger partial charge in [0.1, 0.15) is 28.3 Å². The zero-order valence-corrected chi connectivity index (χ0v) is 30.8. The maximum Gasteiger partial charge on any atom is 0.437 e. The quantitative estimate of drug-likeness (QED) is 0.172. The van der Waals surface area contributed by atoms with Crippen molar-refractivity contribution in [1.29, 1.82) is 0 Å². The molecule has 5 rings (SSSR count). The topological polar surface area (TPSA) is 180 Å². The average molecular weight is 704 g/mol. The number of rotatable bonds is 5. The van der Waals surface area contributed by atoms with Crippen LogP contribution in [0.5, 0.6) is 0 Å². The summed E-state index contributed by atoms with van der Waals surface area (Å²) in [7, 11) is 0. The number of urea groups is 1. The minimum absolute atomic E-state index is 0.00720. The highest BCUT2D eigenvalue weighted by Gasteiger charge is 2.63. The molecule has 1 saturated carbocycles. The molecule has 1 spiro atoms. The summed E-state index contributed by atoms with van der Waals surface area (Å²) in [5, 5.41) is 18.2. The number of carbonyl (C=O) groups excluding carboxylic acids is 4. The Labute approximate surface area is 293 Å². The van der Waals surface area contributed by atoms with E-state index in [9.17, 15) is 24.4 Å². The number of piperidine rings is 2. The lowest BCUT2D eigenvalue weighted by atomic mass is 9.84. The number of hydrogen-bond acceptors (Lipinski definition) is 10. The Morgan fingerprint density at radius 1 is 1.02 bits per heavy atom. The molecule has 4 heterocycles. The molecule has 16 nitrogen and oxygen atoms in total. The van der Waals surface area contributed by atoms with Gasteiger partial charge in [-0.05, 0) is 99.8 Å². The maximum atomic E-state index is 13.5. The molecule has 1 aromatic rings. The molecule has 278 valence electrons. The van der Waals surface area contributed by atoms with Crippen molar-refractivity contribution in [2.45, 2.75) is 136 Å². The van der Waals surface area contributed by atoms with Gasteiger partial charge in [0.15, 0.2) is 0 Å². The number of aromatic nitrogens is 1. The van der Waals surface area contributed by atoms with Crippen LogP contribution in [0.4, 0.5) is 19.2 Å². The van der Waals surface area contributed by atoms with Crippen molar-refractivity contribution in [3.05, 3.63) is 17.5 Å². The summed E-state index contributed by atoms with van der Waals surface area (Å²) in [6, 6.07) is 0.741. The van der Waals surface area contributed by atoms with E-state index in [1.165, 1.54) is 0 Å². The lowest BCUT2D eigenvalue weighted by molar-refractivity contribution is -0.0782. The van der Waals surface area contributed by atoms with Gasteiger partial charge in [-0.3, -0.25) is 10.5 Å². The minimum Gasteiger partial charge on any atom is -0.444 e. The predicted octanol–water partition coefficient (Wildman–Crippen LogP) is 5.45.